The third-order valence-corrected chi connectivity index (χ3v) is 2.65. The molecule has 112 valence electrons. The standard InChI is InChI=1S/C12H27N.CH2O3.H2O/c1-4-7-10-13(11-8-5-2)12-9-6-3;2-1(3)4;/h4-12H2,1-3H3;(H2,2,3,4);1H2. The van der Waals surface area contributed by atoms with Gasteiger partial charge in [-0.1, -0.05) is 40.0 Å². The van der Waals surface area contributed by atoms with Gasteiger partial charge in [-0.2, -0.15) is 0 Å². The van der Waals surface area contributed by atoms with Crippen LogP contribution in [0.3, 0.4) is 0 Å². The first-order valence-corrected chi connectivity index (χ1v) is 6.81. The zero-order chi connectivity index (χ0) is 13.5. The Labute approximate surface area is 111 Å². The molecule has 0 saturated carbocycles. The van der Waals surface area contributed by atoms with Crippen LogP contribution in [0.1, 0.15) is 59.3 Å². The maximum Gasteiger partial charge on any atom is 0.249 e. The number of carbonyl (C=O) groups is 1. The molecule has 0 aliphatic heterocycles. The first-order valence-electron chi connectivity index (χ1n) is 6.81. The van der Waals surface area contributed by atoms with Crippen LogP contribution in [0.4, 0.5) is 4.79 Å². The van der Waals surface area contributed by atoms with E-state index in [2.05, 4.69) is 20.8 Å². The van der Waals surface area contributed by atoms with Gasteiger partial charge in [-0.05, 0) is 19.3 Å². The van der Waals surface area contributed by atoms with E-state index in [1.54, 1.807) is 0 Å². The molecular weight excluding hydrogens is 234 g/mol. The van der Waals surface area contributed by atoms with Gasteiger partial charge in [0.05, 0.1) is 19.6 Å². The Kier molecular flexibility index (Phi) is 23.1. The smallest absolute Gasteiger partial charge is 0.249 e. The van der Waals surface area contributed by atoms with Gasteiger partial charge in [-0.15, -0.1) is 0 Å². The summed E-state index contributed by atoms with van der Waals surface area (Å²) in [5.74, 6) is 0. The van der Waals surface area contributed by atoms with Crippen molar-refractivity contribution in [3.05, 3.63) is 0 Å². The van der Waals surface area contributed by atoms with Crippen molar-refractivity contribution in [2.45, 2.75) is 59.3 Å². The molecule has 0 bridgehead atoms. The molecule has 0 aliphatic rings. The van der Waals surface area contributed by atoms with E-state index in [0.29, 0.717) is 0 Å². The topological polar surface area (TPSA) is 96.3 Å². The summed E-state index contributed by atoms with van der Waals surface area (Å²) >= 11 is 0. The fourth-order valence-corrected chi connectivity index (χ4v) is 1.66. The SMILES string of the molecule is CCCC[NH+](CCCC)CCCC.O.O=C([O-])O. The summed E-state index contributed by atoms with van der Waals surface area (Å²) in [4.78, 5) is 10.3. The van der Waals surface area contributed by atoms with Crippen LogP contribution in [-0.4, -0.2) is 36.4 Å². The maximum atomic E-state index is 8.44. The third kappa shape index (κ3) is 24.4. The Morgan fingerprint density at radius 3 is 1.33 bits per heavy atom. The van der Waals surface area contributed by atoms with E-state index >= 15 is 0 Å². The highest BCUT2D eigenvalue weighted by Gasteiger charge is 2.05. The normalized spacial score (nSPS) is 9.33. The van der Waals surface area contributed by atoms with Gasteiger partial charge in [0.2, 0.25) is 6.16 Å². The minimum absolute atomic E-state index is 0. The van der Waals surface area contributed by atoms with E-state index in [4.69, 9.17) is 15.0 Å². The Morgan fingerprint density at radius 2 is 1.17 bits per heavy atom. The molecule has 0 aliphatic carbocycles. The second-order valence-corrected chi connectivity index (χ2v) is 4.33. The fourth-order valence-electron chi connectivity index (χ4n) is 1.66. The van der Waals surface area contributed by atoms with Crippen LogP contribution >= 0.6 is 0 Å². The number of quaternary nitrogens is 1. The van der Waals surface area contributed by atoms with E-state index < -0.39 is 6.16 Å². The molecule has 5 heteroatoms. The van der Waals surface area contributed by atoms with Crippen LogP contribution in [0.2, 0.25) is 0 Å². The number of hydrogen-bond donors (Lipinski definition) is 2. The summed E-state index contributed by atoms with van der Waals surface area (Å²) in [6.45, 7) is 11.1. The lowest BCUT2D eigenvalue weighted by Crippen LogP contribution is -3.12. The van der Waals surface area contributed by atoms with Crippen LogP contribution in [-0.2, 0) is 0 Å². The van der Waals surface area contributed by atoms with Crippen LogP contribution in [0, 0.1) is 0 Å². The molecule has 4 N–H and O–H groups in total. The largest absolute Gasteiger partial charge is 0.565 e. The van der Waals surface area contributed by atoms with Gasteiger partial charge in [-0.3, -0.25) is 0 Å². The summed E-state index contributed by atoms with van der Waals surface area (Å²) in [7, 11) is 0. The van der Waals surface area contributed by atoms with E-state index in [1.807, 2.05) is 4.90 Å². The van der Waals surface area contributed by atoms with Gasteiger partial charge in [0.15, 0.2) is 0 Å². The van der Waals surface area contributed by atoms with Crippen molar-refractivity contribution in [3.63, 3.8) is 0 Å². The third-order valence-electron chi connectivity index (χ3n) is 2.65. The molecule has 0 saturated heterocycles. The van der Waals surface area contributed by atoms with Crippen molar-refractivity contribution in [1.82, 2.24) is 0 Å². The number of nitrogens with one attached hydrogen (secondary N) is 1. The summed E-state index contributed by atoms with van der Waals surface area (Å²) < 4.78 is 0. The molecule has 0 aromatic heterocycles. The lowest BCUT2D eigenvalue weighted by atomic mass is 10.2. The highest BCUT2D eigenvalue weighted by molar-refractivity contribution is 5.50. The fraction of sp³-hybridized carbons (Fsp3) is 0.923. The Morgan fingerprint density at radius 1 is 0.944 bits per heavy atom. The lowest BCUT2D eigenvalue weighted by Gasteiger charge is -2.18. The Bertz CT molecular complexity index is 142. The van der Waals surface area contributed by atoms with Gasteiger partial charge in [0.25, 0.3) is 0 Å². The van der Waals surface area contributed by atoms with Crippen molar-refractivity contribution in [3.8, 4) is 0 Å². The van der Waals surface area contributed by atoms with Crippen LogP contribution in [0.15, 0.2) is 0 Å². The minimum Gasteiger partial charge on any atom is -0.565 e. The maximum absolute atomic E-state index is 8.44. The molecule has 0 rings (SSSR count). The predicted molar refractivity (Wildman–Crippen MR) is 71.9 cm³/mol. The first-order chi connectivity index (χ1) is 8.08. The highest BCUT2D eigenvalue weighted by atomic mass is 16.6. The second-order valence-electron chi connectivity index (χ2n) is 4.33. The molecule has 0 amide bonds. The van der Waals surface area contributed by atoms with E-state index in [1.165, 1.54) is 58.2 Å². The molecule has 5 nitrogen and oxygen atoms in total. The molecule has 18 heavy (non-hydrogen) atoms. The van der Waals surface area contributed by atoms with E-state index in [9.17, 15) is 0 Å². The summed E-state index contributed by atoms with van der Waals surface area (Å²) in [6, 6.07) is 0. The summed E-state index contributed by atoms with van der Waals surface area (Å²) in [6.07, 6.45) is 6.18. The van der Waals surface area contributed by atoms with E-state index in [-0.39, 0.29) is 5.48 Å². The summed E-state index contributed by atoms with van der Waals surface area (Å²) in [5, 5.41) is 15.3. The molecule has 0 spiro atoms. The quantitative estimate of drug-likeness (QED) is 0.629. The molecule has 0 radical (unpaired) electrons. The molecule has 0 fully saturated rings. The zero-order valence-electron chi connectivity index (χ0n) is 12.1. The van der Waals surface area contributed by atoms with Gasteiger partial charge < -0.3 is 25.4 Å². The van der Waals surface area contributed by atoms with Crippen molar-refractivity contribution < 1.29 is 25.4 Å². The van der Waals surface area contributed by atoms with Crippen molar-refractivity contribution in [2.75, 3.05) is 19.6 Å². The van der Waals surface area contributed by atoms with Crippen molar-refractivity contribution in [1.29, 1.82) is 0 Å². The molecule has 0 unspecified atom stereocenters. The zero-order valence-corrected chi connectivity index (χ0v) is 12.1. The van der Waals surface area contributed by atoms with Crippen molar-refractivity contribution >= 4 is 6.16 Å². The molecule has 0 atom stereocenters. The number of rotatable bonds is 9. The average Bonchev–Trinajstić information content (AvgIpc) is 2.27. The van der Waals surface area contributed by atoms with Gasteiger partial charge >= 0.3 is 0 Å². The molecule has 0 aromatic rings. The lowest BCUT2D eigenvalue weighted by molar-refractivity contribution is -0.900. The Hall–Kier alpha value is -0.810. The van der Waals surface area contributed by atoms with Crippen molar-refractivity contribution in [2.24, 2.45) is 0 Å². The Balaban J connectivity index is -0.000000392. The predicted octanol–water partition coefficient (Wildman–Crippen LogP) is 0.335. The molecular formula is C13H31NO4. The number of carboxylic acid groups (broad SMARTS) is 2. The first kappa shape index (κ1) is 22.4. The average molecular weight is 265 g/mol. The highest BCUT2D eigenvalue weighted by Crippen LogP contribution is 1.85. The van der Waals surface area contributed by atoms with Crippen LogP contribution in [0.5, 0.6) is 0 Å². The van der Waals surface area contributed by atoms with Crippen LogP contribution in [0.25, 0.3) is 0 Å². The summed E-state index contributed by atoms with van der Waals surface area (Å²) in [5.41, 5.74) is 0. The van der Waals surface area contributed by atoms with Gasteiger partial charge in [0.1, 0.15) is 0 Å². The van der Waals surface area contributed by atoms with E-state index in [0.717, 1.165) is 0 Å². The van der Waals surface area contributed by atoms with Gasteiger partial charge in [-0.25, -0.2) is 0 Å². The number of unbranched alkanes of at least 4 members (excludes halogenated alkanes) is 3. The second kappa shape index (κ2) is 18.6. The monoisotopic (exact) mass is 265 g/mol. The minimum atomic E-state index is -2.08. The molecule has 0 heterocycles. The number of hydrogen-bond acceptors (Lipinski definition) is 2. The van der Waals surface area contributed by atoms with Gasteiger partial charge in [0, 0.05) is 0 Å². The van der Waals surface area contributed by atoms with Crippen LogP contribution < -0.4 is 10.0 Å². The molecule has 0 aromatic carbocycles.